The van der Waals surface area contributed by atoms with Crippen molar-refractivity contribution >= 4 is 21.6 Å². The summed E-state index contributed by atoms with van der Waals surface area (Å²) in [6, 6.07) is 3.48. The molecule has 106 valence electrons. The lowest BCUT2D eigenvalue weighted by atomic mass is 10.0. The molecule has 0 saturated carbocycles. The molecule has 0 unspecified atom stereocenters. The molecule has 1 amide bonds. The first-order chi connectivity index (χ1) is 8.55. The fourth-order valence-corrected chi connectivity index (χ4v) is 3.20. The van der Waals surface area contributed by atoms with Crippen LogP contribution < -0.4 is 16.2 Å². The first-order valence-corrected chi connectivity index (χ1v) is 6.90. The van der Waals surface area contributed by atoms with Crippen LogP contribution in [0.1, 0.15) is 20.3 Å². The Morgan fingerprint density at radius 3 is 2.53 bits per heavy atom. The highest BCUT2D eigenvalue weighted by Crippen LogP contribution is 2.23. The van der Waals surface area contributed by atoms with Crippen LogP contribution >= 0.6 is 0 Å². The van der Waals surface area contributed by atoms with Crippen molar-refractivity contribution in [2.45, 2.75) is 30.7 Å². The molecule has 0 heterocycles. The van der Waals surface area contributed by atoms with E-state index in [9.17, 15) is 17.6 Å². The highest BCUT2D eigenvalue weighted by atomic mass is 32.2. The van der Waals surface area contributed by atoms with Crippen LogP contribution in [0.4, 0.5) is 10.1 Å². The van der Waals surface area contributed by atoms with Gasteiger partial charge < -0.3 is 11.5 Å². The third-order valence-corrected chi connectivity index (χ3v) is 4.09. The molecule has 0 spiro atoms. The van der Waals surface area contributed by atoms with Gasteiger partial charge in [0.25, 0.3) is 0 Å². The third kappa shape index (κ3) is 3.90. The Balaban J connectivity index is 3.12. The van der Waals surface area contributed by atoms with E-state index in [0.29, 0.717) is 0 Å². The van der Waals surface area contributed by atoms with Crippen LogP contribution in [-0.4, -0.2) is 19.9 Å². The summed E-state index contributed by atoms with van der Waals surface area (Å²) < 4.78 is 39.7. The smallest absolute Gasteiger partial charge is 0.243 e. The van der Waals surface area contributed by atoms with Gasteiger partial charge in [0.2, 0.25) is 15.9 Å². The molecule has 0 saturated heterocycles. The molecule has 1 aromatic rings. The van der Waals surface area contributed by atoms with Crippen LogP contribution in [0.3, 0.4) is 0 Å². The molecule has 0 aliphatic carbocycles. The van der Waals surface area contributed by atoms with Gasteiger partial charge in [-0.2, -0.15) is 0 Å². The molecule has 0 bridgehead atoms. The Hall–Kier alpha value is -1.67. The zero-order valence-corrected chi connectivity index (χ0v) is 11.4. The number of hydrogen-bond acceptors (Lipinski definition) is 4. The van der Waals surface area contributed by atoms with Crippen molar-refractivity contribution in [2.24, 2.45) is 5.73 Å². The Morgan fingerprint density at radius 1 is 1.42 bits per heavy atom. The summed E-state index contributed by atoms with van der Waals surface area (Å²) in [7, 11) is -4.04. The first kappa shape index (κ1) is 15.4. The summed E-state index contributed by atoms with van der Waals surface area (Å²) in [5, 5.41) is 0. The number of nitrogens with two attached hydrogens (primary N) is 2. The van der Waals surface area contributed by atoms with Gasteiger partial charge in [-0.15, -0.1) is 0 Å². The van der Waals surface area contributed by atoms with E-state index in [1.807, 2.05) is 0 Å². The fraction of sp³-hybridized carbons (Fsp3) is 0.364. The van der Waals surface area contributed by atoms with Gasteiger partial charge in [0.15, 0.2) is 0 Å². The van der Waals surface area contributed by atoms with E-state index in [1.165, 1.54) is 26.0 Å². The van der Waals surface area contributed by atoms with Gasteiger partial charge in [0, 0.05) is 12.0 Å². The predicted molar refractivity (Wildman–Crippen MR) is 69.0 cm³/mol. The van der Waals surface area contributed by atoms with Crippen LogP contribution in [0.5, 0.6) is 0 Å². The number of primary amides is 1. The maximum atomic E-state index is 13.3. The second-order valence-corrected chi connectivity index (χ2v) is 6.43. The average molecular weight is 289 g/mol. The number of hydrogen-bond donors (Lipinski definition) is 3. The number of halogens is 1. The number of nitrogens with one attached hydrogen (secondary N) is 1. The van der Waals surface area contributed by atoms with Crippen LogP contribution in [0, 0.1) is 5.82 Å². The molecule has 0 aromatic heterocycles. The van der Waals surface area contributed by atoms with E-state index in [4.69, 9.17) is 11.5 Å². The summed E-state index contributed by atoms with van der Waals surface area (Å²) in [5.41, 5.74) is 8.87. The number of rotatable bonds is 5. The third-order valence-electron chi connectivity index (χ3n) is 2.33. The van der Waals surface area contributed by atoms with Crippen molar-refractivity contribution in [3.8, 4) is 0 Å². The van der Waals surface area contributed by atoms with Gasteiger partial charge in [-0.1, -0.05) is 6.07 Å². The van der Waals surface area contributed by atoms with Gasteiger partial charge in [-0.3, -0.25) is 4.79 Å². The second-order valence-electron chi connectivity index (χ2n) is 4.78. The molecule has 5 N–H and O–H groups in total. The van der Waals surface area contributed by atoms with Crippen LogP contribution in [0.25, 0.3) is 0 Å². The van der Waals surface area contributed by atoms with Gasteiger partial charge in [0.05, 0.1) is 5.69 Å². The largest absolute Gasteiger partial charge is 0.395 e. The number of carbonyl (C=O) groups excluding carboxylic acids is 1. The summed E-state index contributed by atoms with van der Waals surface area (Å²) in [5.74, 6) is -1.48. The van der Waals surface area contributed by atoms with Crippen molar-refractivity contribution in [3.05, 3.63) is 24.0 Å². The SMILES string of the molecule is CC(C)(CC(N)=O)NS(=O)(=O)c1cccc(F)c1N. The number of anilines is 1. The minimum absolute atomic E-state index is 0.193. The summed E-state index contributed by atoms with van der Waals surface area (Å²) in [4.78, 5) is 10.5. The molecular weight excluding hydrogens is 273 g/mol. The summed E-state index contributed by atoms with van der Waals surface area (Å²) in [6.45, 7) is 2.98. The van der Waals surface area contributed by atoms with Crippen molar-refractivity contribution in [1.82, 2.24) is 4.72 Å². The number of benzene rings is 1. The number of sulfonamides is 1. The molecule has 6 nitrogen and oxygen atoms in total. The number of para-hydroxylation sites is 1. The maximum absolute atomic E-state index is 13.3. The molecule has 0 radical (unpaired) electrons. The van der Waals surface area contributed by atoms with Crippen molar-refractivity contribution in [2.75, 3.05) is 5.73 Å². The van der Waals surface area contributed by atoms with Crippen molar-refractivity contribution in [1.29, 1.82) is 0 Å². The number of carbonyl (C=O) groups is 1. The predicted octanol–water partition coefficient (Wildman–Crippen LogP) is 0.340. The fourth-order valence-electron chi connectivity index (χ4n) is 1.64. The van der Waals surface area contributed by atoms with E-state index < -0.39 is 33.0 Å². The Bertz CT molecular complexity index is 599. The second kappa shape index (κ2) is 5.14. The van der Waals surface area contributed by atoms with Crippen LogP contribution in [0.15, 0.2) is 23.1 Å². The highest BCUT2D eigenvalue weighted by Gasteiger charge is 2.29. The highest BCUT2D eigenvalue weighted by molar-refractivity contribution is 7.89. The molecule has 1 aromatic carbocycles. The molecular formula is C11H16FN3O3S. The normalized spacial score (nSPS) is 12.4. The number of amides is 1. The molecule has 0 fully saturated rings. The standard InChI is InChI=1S/C11H16FN3O3S/c1-11(2,6-9(13)16)15-19(17,18)8-5-3-4-7(12)10(8)14/h3-5,15H,6,14H2,1-2H3,(H2,13,16). The minimum atomic E-state index is -4.04. The zero-order valence-electron chi connectivity index (χ0n) is 10.6. The monoisotopic (exact) mass is 289 g/mol. The Morgan fingerprint density at radius 2 is 2.00 bits per heavy atom. The van der Waals surface area contributed by atoms with E-state index in [-0.39, 0.29) is 11.3 Å². The molecule has 0 aliphatic heterocycles. The van der Waals surface area contributed by atoms with Crippen molar-refractivity contribution < 1.29 is 17.6 Å². The lowest BCUT2D eigenvalue weighted by Crippen LogP contribution is -2.46. The van der Waals surface area contributed by atoms with Crippen LogP contribution in [0.2, 0.25) is 0 Å². The Labute approximate surface area is 111 Å². The van der Waals surface area contributed by atoms with E-state index >= 15 is 0 Å². The molecule has 0 aliphatic rings. The summed E-state index contributed by atoms with van der Waals surface area (Å²) in [6.07, 6.45) is -0.193. The number of nitrogen functional groups attached to an aromatic ring is 1. The first-order valence-electron chi connectivity index (χ1n) is 5.41. The Kier molecular flexibility index (Phi) is 4.16. The van der Waals surface area contributed by atoms with Gasteiger partial charge >= 0.3 is 0 Å². The van der Waals surface area contributed by atoms with Gasteiger partial charge in [0.1, 0.15) is 10.7 Å². The van der Waals surface area contributed by atoms with Gasteiger partial charge in [-0.05, 0) is 26.0 Å². The van der Waals surface area contributed by atoms with Crippen molar-refractivity contribution in [3.63, 3.8) is 0 Å². The maximum Gasteiger partial charge on any atom is 0.243 e. The molecule has 0 atom stereocenters. The lowest BCUT2D eigenvalue weighted by molar-refractivity contribution is -0.119. The minimum Gasteiger partial charge on any atom is -0.395 e. The molecule has 1 rings (SSSR count). The van der Waals surface area contributed by atoms with Crippen LogP contribution in [-0.2, 0) is 14.8 Å². The topological polar surface area (TPSA) is 115 Å². The lowest BCUT2D eigenvalue weighted by Gasteiger charge is -2.24. The molecule has 19 heavy (non-hydrogen) atoms. The molecule has 8 heteroatoms. The quantitative estimate of drug-likeness (QED) is 0.678. The zero-order chi connectivity index (χ0) is 14.8. The van der Waals surface area contributed by atoms with Gasteiger partial charge in [-0.25, -0.2) is 17.5 Å². The van der Waals surface area contributed by atoms with E-state index in [1.54, 1.807) is 0 Å². The summed E-state index contributed by atoms with van der Waals surface area (Å²) >= 11 is 0. The van der Waals surface area contributed by atoms with E-state index in [2.05, 4.69) is 4.72 Å². The van der Waals surface area contributed by atoms with E-state index in [0.717, 1.165) is 6.07 Å². The average Bonchev–Trinajstić information content (AvgIpc) is 2.17.